The molecule has 0 amide bonds. The minimum absolute atomic E-state index is 0.0116. The molecule has 0 bridgehead atoms. The molecule has 0 aliphatic heterocycles. The van der Waals surface area contributed by atoms with E-state index in [0.29, 0.717) is 16.7 Å². The number of esters is 1. The number of carbonyl (C=O) groups excluding carboxylic acids is 1. The first-order chi connectivity index (χ1) is 10.6. The molecule has 7 heteroatoms. The van der Waals surface area contributed by atoms with Gasteiger partial charge in [-0.1, -0.05) is 6.07 Å². The standard InChI is InChI=1S/C15H13FN4O2/c1-2-22-15(21)9-6-18-14-11(9)13(19-7-20-14)8-4-3-5-10(17)12(8)16/h3-7H,2,17H2,1H3,(H,18,19,20). The minimum Gasteiger partial charge on any atom is -0.462 e. The number of aromatic nitrogens is 3. The lowest BCUT2D eigenvalue weighted by atomic mass is 10.0. The second-order valence-electron chi connectivity index (χ2n) is 4.58. The van der Waals surface area contributed by atoms with Crippen LogP contribution in [0.5, 0.6) is 0 Å². The van der Waals surface area contributed by atoms with E-state index in [1.54, 1.807) is 19.1 Å². The summed E-state index contributed by atoms with van der Waals surface area (Å²) >= 11 is 0. The number of hydrogen-bond donors (Lipinski definition) is 2. The van der Waals surface area contributed by atoms with Crippen molar-refractivity contribution in [1.29, 1.82) is 0 Å². The number of carbonyl (C=O) groups is 1. The Bertz CT molecular complexity index is 860. The number of anilines is 1. The van der Waals surface area contributed by atoms with Crippen LogP contribution in [0.3, 0.4) is 0 Å². The Morgan fingerprint density at radius 3 is 3.00 bits per heavy atom. The average molecular weight is 300 g/mol. The molecule has 22 heavy (non-hydrogen) atoms. The molecule has 3 N–H and O–H groups in total. The van der Waals surface area contributed by atoms with Crippen LogP contribution in [-0.2, 0) is 4.74 Å². The van der Waals surface area contributed by atoms with Crippen LogP contribution >= 0.6 is 0 Å². The lowest BCUT2D eigenvalue weighted by molar-refractivity contribution is 0.0528. The van der Waals surface area contributed by atoms with E-state index < -0.39 is 11.8 Å². The number of nitrogen functional groups attached to an aromatic ring is 1. The summed E-state index contributed by atoms with van der Waals surface area (Å²) in [5.74, 6) is -1.10. The molecule has 0 aliphatic carbocycles. The van der Waals surface area contributed by atoms with Gasteiger partial charge in [0.25, 0.3) is 0 Å². The normalized spacial score (nSPS) is 10.8. The van der Waals surface area contributed by atoms with Gasteiger partial charge in [-0.3, -0.25) is 0 Å². The Hall–Kier alpha value is -2.96. The summed E-state index contributed by atoms with van der Waals surface area (Å²) in [6.45, 7) is 1.95. The van der Waals surface area contributed by atoms with Gasteiger partial charge in [-0.25, -0.2) is 19.2 Å². The van der Waals surface area contributed by atoms with Gasteiger partial charge < -0.3 is 15.5 Å². The number of hydrogen-bond acceptors (Lipinski definition) is 5. The quantitative estimate of drug-likeness (QED) is 0.572. The molecule has 6 nitrogen and oxygen atoms in total. The summed E-state index contributed by atoms with van der Waals surface area (Å²) in [4.78, 5) is 23.1. The summed E-state index contributed by atoms with van der Waals surface area (Å²) in [6.07, 6.45) is 2.77. The first-order valence-corrected chi connectivity index (χ1v) is 6.67. The molecule has 2 aromatic heterocycles. The van der Waals surface area contributed by atoms with Crippen molar-refractivity contribution in [3.63, 3.8) is 0 Å². The molecule has 0 saturated heterocycles. The van der Waals surface area contributed by atoms with Crippen LogP contribution in [0.25, 0.3) is 22.3 Å². The third-order valence-electron chi connectivity index (χ3n) is 3.25. The van der Waals surface area contributed by atoms with Gasteiger partial charge in [0.05, 0.1) is 28.9 Å². The zero-order valence-corrected chi connectivity index (χ0v) is 11.8. The number of fused-ring (bicyclic) bond motifs is 1. The molecule has 0 radical (unpaired) electrons. The van der Waals surface area contributed by atoms with Crippen molar-refractivity contribution >= 4 is 22.7 Å². The maximum Gasteiger partial charge on any atom is 0.340 e. The highest BCUT2D eigenvalue weighted by Crippen LogP contribution is 2.31. The van der Waals surface area contributed by atoms with Crippen LogP contribution < -0.4 is 5.73 Å². The predicted molar refractivity (Wildman–Crippen MR) is 79.7 cm³/mol. The van der Waals surface area contributed by atoms with Crippen molar-refractivity contribution in [2.45, 2.75) is 6.92 Å². The highest BCUT2D eigenvalue weighted by Gasteiger charge is 2.20. The van der Waals surface area contributed by atoms with E-state index in [9.17, 15) is 9.18 Å². The summed E-state index contributed by atoms with van der Waals surface area (Å²) in [7, 11) is 0. The first kappa shape index (κ1) is 14.0. The van der Waals surface area contributed by atoms with Crippen molar-refractivity contribution in [1.82, 2.24) is 15.0 Å². The Morgan fingerprint density at radius 1 is 1.41 bits per heavy atom. The highest BCUT2D eigenvalue weighted by atomic mass is 19.1. The van der Waals surface area contributed by atoms with Gasteiger partial charge in [0.15, 0.2) is 5.82 Å². The average Bonchev–Trinajstić information content (AvgIpc) is 2.94. The number of benzene rings is 1. The molecule has 0 fully saturated rings. The van der Waals surface area contributed by atoms with E-state index in [4.69, 9.17) is 10.5 Å². The van der Waals surface area contributed by atoms with Crippen molar-refractivity contribution in [3.8, 4) is 11.3 Å². The third kappa shape index (κ3) is 2.16. The zero-order valence-electron chi connectivity index (χ0n) is 11.8. The lowest BCUT2D eigenvalue weighted by Crippen LogP contribution is -2.05. The lowest BCUT2D eigenvalue weighted by Gasteiger charge is -2.07. The Balaban J connectivity index is 2.28. The fourth-order valence-electron chi connectivity index (χ4n) is 2.27. The predicted octanol–water partition coefficient (Wildman–Crippen LogP) is 2.52. The summed E-state index contributed by atoms with van der Waals surface area (Å²) in [5, 5.41) is 0.408. The fourth-order valence-corrected chi connectivity index (χ4v) is 2.27. The van der Waals surface area contributed by atoms with Crippen LogP contribution in [0.1, 0.15) is 17.3 Å². The molecule has 1 aromatic carbocycles. The Labute approximate surface area is 125 Å². The van der Waals surface area contributed by atoms with Gasteiger partial charge in [0.2, 0.25) is 0 Å². The van der Waals surface area contributed by atoms with E-state index in [0.717, 1.165) is 0 Å². The van der Waals surface area contributed by atoms with Gasteiger partial charge in [-0.05, 0) is 19.1 Å². The number of rotatable bonds is 3. The van der Waals surface area contributed by atoms with Gasteiger partial charge >= 0.3 is 5.97 Å². The zero-order chi connectivity index (χ0) is 15.7. The van der Waals surface area contributed by atoms with Crippen molar-refractivity contribution in [2.24, 2.45) is 0 Å². The van der Waals surface area contributed by atoms with Crippen LogP contribution in [0.4, 0.5) is 10.1 Å². The second-order valence-corrected chi connectivity index (χ2v) is 4.58. The number of nitrogens with two attached hydrogens (primary N) is 1. The van der Waals surface area contributed by atoms with E-state index in [1.807, 2.05) is 0 Å². The van der Waals surface area contributed by atoms with Crippen molar-refractivity contribution < 1.29 is 13.9 Å². The SMILES string of the molecule is CCOC(=O)c1c[nH]c2ncnc(-c3cccc(N)c3F)c12. The monoisotopic (exact) mass is 300 g/mol. The molecule has 0 unspecified atom stereocenters. The first-order valence-electron chi connectivity index (χ1n) is 6.67. The third-order valence-corrected chi connectivity index (χ3v) is 3.25. The molecule has 0 aliphatic rings. The van der Waals surface area contributed by atoms with Gasteiger partial charge in [0, 0.05) is 11.8 Å². The molecule has 2 heterocycles. The number of H-pyrrole nitrogens is 1. The Kier molecular flexibility index (Phi) is 3.46. The fraction of sp³-hybridized carbons (Fsp3) is 0.133. The molecule has 3 aromatic rings. The number of halogens is 1. The van der Waals surface area contributed by atoms with Crippen LogP contribution in [0.2, 0.25) is 0 Å². The minimum atomic E-state index is -0.585. The van der Waals surface area contributed by atoms with E-state index >= 15 is 0 Å². The summed E-state index contributed by atoms with van der Waals surface area (Å²) in [5.41, 5.74) is 6.80. The second kappa shape index (κ2) is 5.44. The molecule has 112 valence electrons. The molecular formula is C15H13FN4O2. The summed E-state index contributed by atoms with van der Waals surface area (Å²) in [6, 6.07) is 4.63. The highest BCUT2D eigenvalue weighted by molar-refractivity contribution is 6.08. The largest absolute Gasteiger partial charge is 0.462 e. The number of ether oxygens (including phenoxy) is 1. The molecule has 0 spiro atoms. The van der Waals surface area contributed by atoms with Gasteiger partial charge in [-0.2, -0.15) is 0 Å². The molecule has 0 saturated carbocycles. The smallest absolute Gasteiger partial charge is 0.340 e. The van der Waals surface area contributed by atoms with E-state index in [-0.39, 0.29) is 23.4 Å². The van der Waals surface area contributed by atoms with Gasteiger partial charge in [0.1, 0.15) is 12.0 Å². The topological polar surface area (TPSA) is 93.9 Å². The molecule has 3 rings (SSSR count). The molecular weight excluding hydrogens is 287 g/mol. The van der Waals surface area contributed by atoms with E-state index in [2.05, 4.69) is 15.0 Å². The maximum absolute atomic E-state index is 14.3. The van der Waals surface area contributed by atoms with Crippen LogP contribution in [0, 0.1) is 5.82 Å². The maximum atomic E-state index is 14.3. The van der Waals surface area contributed by atoms with Crippen molar-refractivity contribution in [3.05, 3.63) is 42.1 Å². The van der Waals surface area contributed by atoms with Gasteiger partial charge in [-0.15, -0.1) is 0 Å². The number of nitrogens with zero attached hydrogens (tertiary/aromatic N) is 2. The number of aromatic amines is 1. The van der Waals surface area contributed by atoms with Crippen LogP contribution in [0.15, 0.2) is 30.7 Å². The van der Waals surface area contributed by atoms with E-state index in [1.165, 1.54) is 18.6 Å². The Morgan fingerprint density at radius 2 is 2.23 bits per heavy atom. The molecule has 0 atom stereocenters. The summed E-state index contributed by atoms with van der Waals surface area (Å²) < 4.78 is 19.3. The van der Waals surface area contributed by atoms with Crippen molar-refractivity contribution in [2.75, 3.05) is 12.3 Å². The number of nitrogens with one attached hydrogen (secondary N) is 1. The van der Waals surface area contributed by atoms with Crippen LogP contribution in [-0.4, -0.2) is 27.5 Å².